The number of benzene rings is 2. The summed E-state index contributed by atoms with van der Waals surface area (Å²) < 4.78 is 5.20. The van der Waals surface area contributed by atoms with Crippen molar-refractivity contribution in [3.05, 3.63) is 68.8 Å². The van der Waals surface area contributed by atoms with E-state index in [9.17, 15) is 14.4 Å². The van der Waals surface area contributed by atoms with Crippen molar-refractivity contribution < 1.29 is 19.1 Å². The Morgan fingerprint density at radius 2 is 1.62 bits per heavy atom. The standard InChI is InChI=1S/C20H15Cl3N2O4/c1-10(2)29-20(28)14-5-3-4-6-15(14)25-18(26)16(23)17(19(25)27)24-13-8-11(21)7-12(22)9-13/h3-10,24H,1-2H3. The van der Waals surface area contributed by atoms with Crippen molar-refractivity contribution in [2.24, 2.45) is 0 Å². The molecule has 2 aromatic carbocycles. The Morgan fingerprint density at radius 1 is 1.00 bits per heavy atom. The predicted octanol–water partition coefficient (Wildman–Crippen LogP) is 4.99. The molecule has 0 spiro atoms. The highest BCUT2D eigenvalue weighted by molar-refractivity contribution is 6.53. The lowest BCUT2D eigenvalue weighted by molar-refractivity contribution is -0.120. The van der Waals surface area contributed by atoms with Gasteiger partial charge in [-0.25, -0.2) is 9.69 Å². The molecule has 2 aromatic rings. The number of imide groups is 1. The number of hydrogen-bond acceptors (Lipinski definition) is 5. The van der Waals surface area contributed by atoms with E-state index in [-0.39, 0.29) is 28.1 Å². The van der Waals surface area contributed by atoms with Crippen LogP contribution in [0.5, 0.6) is 0 Å². The van der Waals surface area contributed by atoms with Gasteiger partial charge >= 0.3 is 5.97 Å². The number of carbonyl (C=O) groups excluding carboxylic acids is 3. The fourth-order valence-electron chi connectivity index (χ4n) is 2.72. The molecule has 0 atom stereocenters. The monoisotopic (exact) mass is 452 g/mol. The summed E-state index contributed by atoms with van der Waals surface area (Å²) in [6, 6.07) is 10.7. The molecule has 9 heteroatoms. The Hall–Kier alpha value is -2.54. The van der Waals surface area contributed by atoms with Crippen LogP contribution >= 0.6 is 34.8 Å². The maximum atomic E-state index is 13.0. The molecule has 1 heterocycles. The molecule has 1 aliphatic heterocycles. The highest BCUT2D eigenvalue weighted by Crippen LogP contribution is 2.33. The van der Waals surface area contributed by atoms with Crippen molar-refractivity contribution in [3.63, 3.8) is 0 Å². The molecule has 6 nitrogen and oxygen atoms in total. The van der Waals surface area contributed by atoms with Gasteiger partial charge in [-0.15, -0.1) is 0 Å². The fraction of sp³-hybridized carbons (Fsp3) is 0.150. The molecule has 0 unspecified atom stereocenters. The van der Waals surface area contributed by atoms with Crippen molar-refractivity contribution in [1.82, 2.24) is 0 Å². The smallest absolute Gasteiger partial charge is 0.340 e. The summed E-state index contributed by atoms with van der Waals surface area (Å²) >= 11 is 18.1. The summed E-state index contributed by atoms with van der Waals surface area (Å²) in [6.07, 6.45) is -0.368. The van der Waals surface area contributed by atoms with Gasteiger partial charge in [0.25, 0.3) is 11.8 Å². The van der Waals surface area contributed by atoms with Gasteiger partial charge in [-0.1, -0.05) is 46.9 Å². The zero-order chi connectivity index (χ0) is 21.3. The second-order valence-corrected chi connectivity index (χ2v) is 7.64. The molecule has 0 radical (unpaired) electrons. The molecule has 1 aliphatic rings. The van der Waals surface area contributed by atoms with Gasteiger partial charge in [-0.2, -0.15) is 0 Å². The summed E-state index contributed by atoms with van der Waals surface area (Å²) in [6.45, 7) is 3.40. The number of amides is 2. The molecule has 0 fully saturated rings. The van der Waals surface area contributed by atoms with E-state index in [4.69, 9.17) is 39.5 Å². The van der Waals surface area contributed by atoms with Crippen LogP contribution in [0.4, 0.5) is 11.4 Å². The zero-order valence-corrected chi connectivity index (χ0v) is 17.6. The molecular formula is C20H15Cl3N2O4. The van der Waals surface area contributed by atoms with Crippen molar-refractivity contribution in [1.29, 1.82) is 0 Å². The molecule has 0 aromatic heterocycles. The van der Waals surface area contributed by atoms with Crippen molar-refractivity contribution in [3.8, 4) is 0 Å². The van der Waals surface area contributed by atoms with Gasteiger partial charge in [0.15, 0.2) is 0 Å². The van der Waals surface area contributed by atoms with Crippen molar-refractivity contribution in [2.75, 3.05) is 10.2 Å². The van der Waals surface area contributed by atoms with Gasteiger partial charge < -0.3 is 10.1 Å². The quantitative estimate of drug-likeness (QED) is 0.509. The summed E-state index contributed by atoms with van der Waals surface area (Å²) in [5, 5.41) is 3.14. The molecule has 2 amide bonds. The first-order chi connectivity index (χ1) is 13.7. The number of hydrogen-bond donors (Lipinski definition) is 1. The van der Waals surface area contributed by atoms with E-state index in [1.165, 1.54) is 30.3 Å². The first kappa shape index (κ1) is 21.2. The largest absolute Gasteiger partial charge is 0.459 e. The number of nitrogens with one attached hydrogen (secondary N) is 1. The minimum Gasteiger partial charge on any atom is -0.459 e. The summed E-state index contributed by atoms with van der Waals surface area (Å²) in [4.78, 5) is 38.9. The summed E-state index contributed by atoms with van der Waals surface area (Å²) in [5.41, 5.74) is 0.375. The van der Waals surface area contributed by atoms with Crippen LogP contribution in [0.25, 0.3) is 0 Å². The predicted molar refractivity (Wildman–Crippen MR) is 112 cm³/mol. The lowest BCUT2D eigenvalue weighted by Crippen LogP contribution is -2.33. The van der Waals surface area contributed by atoms with Crippen LogP contribution < -0.4 is 10.2 Å². The normalized spacial score (nSPS) is 14.1. The minimum absolute atomic E-state index is 0.0689. The summed E-state index contributed by atoms with van der Waals surface area (Å²) in [7, 11) is 0. The molecule has 0 saturated carbocycles. The average molecular weight is 454 g/mol. The van der Waals surface area contributed by atoms with Crippen LogP contribution in [0.1, 0.15) is 24.2 Å². The minimum atomic E-state index is -0.767. The molecular weight excluding hydrogens is 439 g/mol. The third-order valence-corrected chi connectivity index (χ3v) is 4.65. The molecule has 150 valence electrons. The molecule has 0 aliphatic carbocycles. The fourth-order valence-corrected chi connectivity index (χ4v) is 3.46. The average Bonchev–Trinajstić information content (AvgIpc) is 2.84. The lowest BCUT2D eigenvalue weighted by Gasteiger charge is -2.19. The van der Waals surface area contributed by atoms with Crippen molar-refractivity contribution >= 4 is 64.0 Å². The zero-order valence-electron chi connectivity index (χ0n) is 15.3. The van der Waals surface area contributed by atoms with E-state index in [0.29, 0.717) is 15.7 Å². The highest BCUT2D eigenvalue weighted by Gasteiger charge is 2.40. The summed E-state index contributed by atoms with van der Waals surface area (Å²) in [5.74, 6) is -2.15. The Kier molecular flexibility index (Phi) is 6.17. The maximum absolute atomic E-state index is 13.0. The van der Waals surface area contributed by atoms with Crippen LogP contribution in [-0.4, -0.2) is 23.9 Å². The molecule has 0 bridgehead atoms. The Morgan fingerprint density at radius 3 is 2.24 bits per heavy atom. The van der Waals surface area contributed by atoms with Crippen molar-refractivity contribution in [2.45, 2.75) is 20.0 Å². The number of rotatable bonds is 5. The Labute approximate surface area is 182 Å². The Balaban J connectivity index is 1.96. The lowest BCUT2D eigenvalue weighted by atomic mass is 10.1. The first-order valence-electron chi connectivity index (χ1n) is 8.50. The van der Waals surface area contributed by atoms with Crippen LogP contribution in [0, 0.1) is 0 Å². The Bertz CT molecular complexity index is 1030. The van der Waals surface area contributed by atoms with Gasteiger partial charge in [-0.05, 0) is 44.2 Å². The number of para-hydroxylation sites is 1. The second-order valence-electron chi connectivity index (χ2n) is 6.39. The third kappa shape index (κ3) is 4.40. The number of esters is 1. The maximum Gasteiger partial charge on any atom is 0.340 e. The number of nitrogens with zero attached hydrogens (tertiary/aromatic N) is 1. The van der Waals surface area contributed by atoms with E-state index < -0.39 is 17.8 Å². The SMILES string of the molecule is CC(C)OC(=O)c1ccccc1N1C(=O)C(Cl)=C(Nc2cc(Cl)cc(Cl)c2)C1=O. The third-order valence-electron chi connectivity index (χ3n) is 3.87. The second kappa shape index (κ2) is 8.45. The van der Waals surface area contributed by atoms with Gasteiger partial charge in [0.2, 0.25) is 0 Å². The van der Waals surface area contributed by atoms with Gasteiger partial charge in [-0.3, -0.25) is 9.59 Å². The van der Waals surface area contributed by atoms with Gasteiger partial charge in [0.1, 0.15) is 10.7 Å². The van der Waals surface area contributed by atoms with Crippen LogP contribution in [0.15, 0.2) is 53.2 Å². The molecule has 29 heavy (non-hydrogen) atoms. The van der Waals surface area contributed by atoms with E-state index in [0.717, 1.165) is 4.90 Å². The number of halogens is 3. The van der Waals surface area contributed by atoms with Crippen LogP contribution in [-0.2, 0) is 14.3 Å². The van der Waals surface area contributed by atoms with Crippen LogP contribution in [0.2, 0.25) is 10.0 Å². The molecule has 3 rings (SSSR count). The molecule has 1 N–H and O–H groups in total. The number of anilines is 2. The van der Waals surface area contributed by atoms with Gasteiger partial charge in [0, 0.05) is 15.7 Å². The first-order valence-corrected chi connectivity index (χ1v) is 9.64. The number of carbonyl (C=O) groups is 3. The topological polar surface area (TPSA) is 75.7 Å². The van der Waals surface area contributed by atoms with Gasteiger partial charge in [0.05, 0.1) is 17.4 Å². The highest BCUT2D eigenvalue weighted by atomic mass is 35.5. The van der Waals surface area contributed by atoms with Crippen LogP contribution in [0.3, 0.4) is 0 Å². The molecule has 0 saturated heterocycles. The number of ether oxygens (including phenoxy) is 1. The van der Waals surface area contributed by atoms with E-state index in [1.807, 2.05) is 0 Å². The van der Waals surface area contributed by atoms with E-state index in [1.54, 1.807) is 26.0 Å². The van der Waals surface area contributed by atoms with E-state index >= 15 is 0 Å². The van der Waals surface area contributed by atoms with E-state index in [2.05, 4.69) is 5.32 Å².